The number of ether oxygens (including phenoxy) is 1. The van der Waals surface area contributed by atoms with Crippen LogP contribution in [0.1, 0.15) is 11.1 Å². The van der Waals surface area contributed by atoms with E-state index in [1.807, 2.05) is 0 Å². The van der Waals surface area contributed by atoms with Crippen molar-refractivity contribution in [2.24, 2.45) is 0 Å². The first-order valence-corrected chi connectivity index (χ1v) is 6.31. The van der Waals surface area contributed by atoms with Crippen molar-refractivity contribution in [3.8, 4) is 17.9 Å². The van der Waals surface area contributed by atoms with Gasteiger partial charge < -0.3 is 4.74 Å². The van der Waals surface area contributed by atoms with Crippen molar-refractivity contribution >= 4 is 6.08 Å². The van der Waals surface area contributed by atoms with Crippen LogP contribution >= 0.6 is 0 Å². The Morgan fingerprint density at radius 2 is 1.73 bits per heavy atom. The molecule has 0 saturated heterocycles. The van der Waals surface area contributed by atoms with E-state index in [9.17, 15) is 8.78 Å². The Labute approximate surface area is 126 Å². The van der Waals surface area contributed by atoms with Crippen molar-refractivity contribution in [1.29, 1.82) is 10.5 Å². The third kappa shape index (κ3) is 3.91. The van der Waals surface area contributed by atoms with Gasteiger partial charge >= 0.3 is 0 Å². The first kappa shape index (κ1) is 15.2. The summed E-state index contributed by atoms with van der Waals surface area (Å²) in [5, 5.41) is 17.3. The molecule has 0 aliphatic heterocycles. The maximum absolute atomic E-state index is 13.9. The average Bonchev–Trinajstić information content (AvgIpc) is 2.53. The van der Waals surface area contributed by atoms with Gasteiger partial charge in [-0.25, -0.2) is 8.78 Å². The Morgan fingerprint density at radius 3 is 2.32 bits per heavy atom. The molecule has 0 bridgehead atoms. The van der Waals surface area contributed by atoms with Gasteiger partial charge in [-0.2, -0.15) is 10.5 Å². The zero-order valence-corrected chi connectivity index (χ0v) is 11.4. The molecule has 0 saturated carbocycles. The van der Waals surface area contributed by atoms with Gasteiger partial charge in [-0.3, -0.25) is 0 Å². The fraction of sp³-hybridized carbons (Fsp3) is 0.0588. The average molecular weight is 296 g/mol. The van der Waals surface area contributed by atoms with Crippen LogP contribution in [0.25, 0.3) is 6.08 Å². The third-order valence-electron chi connectivity index (χ3n) is 2.82. The van der Waals surface area contributed by atoms with Crippen LogP contribution < -0.4 is 4.74 Å². The summed E-state index contributed by atoms with van der Waals surface area (Å²) in [5.74, 6) is -0.917. The van der Waals surface area contributed by atoms with Crippen LogP contribution in [0.3, 0.4) is 0 Å². The van der Waals surface area contributed by atoms with Crippen LogP contribution in [0.15, 0.2) is 48.0 Å². The molecule has 5 heteroatoms. The van der Waals surface area contributed by atoms with Crippen LogP contribution in [-0.4, -0.2) is 0 Å². The van der Waals surface area contributed by atoms with Gasteiger partial charge in [0.05, 0.1) is 0 Å². The molecule has 0 heterocycles. The highest BCUT2D eigenvalue weighted by atomic mass is 19.1. The summed E-state index contributed by atoms with van der Waals surface area (Å²) < 4.78 is 32.0. The highest BCUT2D eigenvalue weighted by Gasteiger charge is 2.05. The van der Waals surface area contributed by atoms with E-state index >= 15 is 0 Å². The first-order chi connectivity index (χ1) is 10.6. The largest absolute Gasteiger partial charge is 0.486 e. The maximum atomic E-state index is 13.9. The van der Waals surface area contributed by atoms with Gasteiger partial charge in [-0.1, -0.05) is 18.2 Å². The lowest BCUT2D eigenvalue weighted by Gasteiger charge is -2.08. The summed E-state index contributed by atoms with van der Waals surface area (Å²) in [6, 6.07) is 13.2. The standard InChI is InChI=1S/C17H10F2N2O/c18-15-4-1-12(2-5-15)11-22-17-6-3-13(8-16(17)19)7-14(9-20)10-21/h1-8H,11H2. The molecule has 0 amide bonds. The fourth-order valence-electron chi connectivity index (χ4n) is 1.72. The highest BCUT2D eigenvalue weighted by Crippen LogP contribution is 2.21. The van der Waals surface area contributed by atoms with Gasteiger partial charge in [-0.15, -0.1) is 0 Å². The van der Waals surface area contributed by atoms with E-state index in [4.69, 9.17) is 15.3 Å². The number of nitrogens with zero attached hydrogens (tertiary/aromatic N) is 2. The number of nitriles is 2. The molecule has 3 nitrogen and oxygen atoms in total. The fourth-order valence-corrected chi connectivity index (χ4v) is 1.72. The van der Waals surface area contributed by atoms with Gasteiger partial charge in [0.2, 0.25) is 0 Å². The molecule has 0 spiro atoms. The van der Waals surface area contributed by atoms with Crippen molar-refractivity contribution in [2.75, 3.05) is 0 Å². The molecule has 108 valence electrons. The van der Waals surface area contributed by atoms with Gasteiger partial charge in [0, 0.05) is 0 Å². The second kappa shape index (κ2) is 7.01. The van der Waals surface area contributed by atoms with Crippen molar-refractivity contribution < 1.29 is 13.5 Å². The molecule has 0 aromatic heterocycles. The smallest absolute Gasteiger partial charge is 0.165 e. The molecule has 0 unspecified atom stereocenters. The minimum Gasteiger partial charge on any atom is -0.486 e. The molecule has 0 aliphatic carbocycles. The lowest BCUT2D eigenvalue weighted by atomic mass is 10.1. The summed E-state index contributed by atoms with van der Waals surface area (Å²) in [6.07, 6.45) is 1.28. The molecule has 0 atom stereocenters. The second-order valence-electron chi connectivity index (χ2n) is 4.39. The number of allylic oxidation sites excluding steroid dienone is 1. The third-order valence-corrected chi connectivity index (χ3v) is 2.82. The van der Waals surface area contributed by atoms with E-state index < -0.39 is 5.82 Å². The zero-order valence-electron chi connectivity index (χ0n) is 11.4. The molecule has 0 fully saturated rings. The van der Waals surface area contributed by atoms with Crippen LogP contribution in [-0.2, 0) is 6.61 Å². The molecular weight excluding hydrogens is 286 g/mol. The van der Waals surface area contributed by atoms with E-state index in [1.165, 1.54) is 36.4 Å². The van der Waals surface area contributed by atoms with E-state index in [0.29, 0.717) is 11.1 Å². The van der Waals surface area contributed by atoms with Gasteiger partial charge in [0.15, 0.2) is 11.6 Å². The van der Waals surface area contributed by atoms with Gasteiger partial charge in [0.25, 0.3) is 0 Å². The molecule has 2 aromatic carbocycles. The Balaban J connectivity index is 2.10. The van der Waals surface area contributed by atoms with E-state index in [-0.39, 0.29) is 23.7 Å². The summed E-state index contributed by atoms with van der Waals surface area (Å²) in [5.41, 5.74) is 0.991. The van der Waals surface area contributed by atoms with Gasteiger partial charge in [0.1, 0.15) is 30.1 Å². The number of rotatable bonds is 4. The molecule has 0 N–H and O–H groups in total. The second-order valence-corrected chi connectivity index (χ2v) is 4.39. The summed E-state index contributed by atoms with van der Waals surface area (Å²) in [6.45, 7) is 0.105. The van der Waals surface area contributed by atoms with Crippen molar-refractivity contribution in [2.45, 2.75) is 6.61 Å². The van der Waals surface area contributed by atoms with E-state index in [1.54, 1.807) is 24.3 Å². The highest BCUT2D eigenvalue weighted by molar-refractivity contribution is 5.62. The van der Waals surface area contributed by atoms with Gasteiger partial charge in [-0.05, 0) is 41.5 Å². The Morgan fingerprint density at radius 1 is 1.05 bits per heavy atom. The minimum atomic E-state index is -0.605. The molecule has 2 aromatic rings. The van der Waals surface area contributed by atoms with E-state index in [0.717, 1.165) is 0 Å². The lowest BCUT2D eigenvalue weighted by molar-refractivity contribution is 0.290. The lowest BCUT2D eigenvalue weighted by Crippen LogP contribution is -1.97. The van der Waals surface area contributed by atoms with Crippen LogP contribution in [0.2, 0.25) is 0 Å². The number of benzene rings is 2. The summed E-state index contributed by atoms with van der Waals surface area (Å²) in [7, 11) is 0. The molecule has 0 aliphatic rings. The monoisotopic (exact) mass is 296 g/mol. The molecular formula is C17H10F2N2O. The number of hydrogen-bond acceptors (Lipinski definition) is 3. The maximum Gasteiger partial charge on any atom is 0.165 e. The Bertz CT molecular complexity index is 768. The Hall–Kier alpha value is -3.18. The Kier molecular flexibility index (Phi) is 4.85. The quantitative estimate of drug-likeness (QED) is 0.802. The minimum absolute atomic E-state index is 0.0388. The van der Waals surface area contributed by atoms with Crippen LogP contribution in [0.4, 0.5) is 8.78 Å². The molecule has 0 radical (unpaired) electrons. The number of halogens is 2. The van der Waals surface area contributed by atoms with E-state index in [2.05, 4.69) is 0 Å². The van der Waals surface area contributed by atoms with Crippen LogP contribution in [0, 0.1) is 34.3 Å². The molecule has 22 heavy (non-hydrogen) atoms. The predicted molar refractivity (Wildman–Crippen MR) is 76.3 cm³/mol. The summed E-state index contributed by atoms with van der Waals surface area (Å²) >= 11 is 0. The van der Waals surface area contributed by atoms with Crippen molar-refractivity contribution in [3.05, 3.63) is 70.8 Å². The number of hydrogen-bond donors (Lipinski definition) is 0. The SMILES string of the molecule is N#CC(C#N)=Cc1ccc(OCc2ccc(F)cc2)c(F)c1. The summed E-state index contributed by atoms with van der Waals surface area (Å²) in [4.78, 5) is 0. The van der Waals surface area contributed by atoms with Crippen LogP contribution in [0.5, 0.6) is 5.75 Å². The van der Waals surface area contributed by atoms with Crippen molar-refractivity contribution in [3.63, 3.8) is 0 Å². The molecule has 2 rings (SSSR count). The predicted octanol–water partition coefficient (Wildman–Crippen LogP) is 3.97. The van der Waals surface area contributed by atoms with Crippen molar-refractivity contribution in [1.82, 2.24) is 0 Å². The normalized spacial score (nSPS) is 9.45. The first-order valence-electron chi connectivity index (χ1n) is 6.31. The topological polar surface area (TPSA) is 56.8 Å². The zero-order chi connectivity index (χ0) is 15.9.